The number of benzene rings is 1. The fourth-order valence-electron chi connectivity index (χ4n) is 3.15. The molecule has 0 aromatic heterocycles. The zero-order valence-corrected chi connectivity index (χ0v) is 19.7. The van der Waals surface area contributed by atoms with E-state index in [-0.39, 0.29) is 18.1 Å². The maximum Gasteiger partial charge on any atom is 0.197 e. The van der Waals surface area contributed by atoms with E-state index in [4.69, 9.17) is 14.9 Å². The second kappa shape index (κ2) is 13.4. The van der Waals surface area contributed by atoms with Crippen molar-refractivity contribution in [2.24, 2.45) is 11.8 Å². The molecular weight excluding hydrogens is 398 g/mol. The Balaban J connectivity index is 2.49. The molecule has 168 valence electrons. The number of rotatable bonds is 14. The Bertz CT molecular complexity index is 780. The molecule has 0 aliphatic carbocycles. The van der Waals surface area contributed by atoms with E-state index in [2.05, 4.69) is 39.8 Å². The molecule has 0 amide bonds. The van der Waals surface area contributed by atoms with Crippen LogP contribution in [0.5, 0.6) is 5.75 Å². The Hall–Kier alpha value is -1.92. The van der Waals surface area contributed by atoms with E-state index in [1.165, 1.54) is 11.6 Å². The van der Waals surface area contributed by atoms with E-state index >= 15 is 0 Å². The first-order valence-corrected chi connectivity index (χ1v) is 12.4. The number of hydrogen-bond donors (Lipinski definition) is 1. The molecule has 2 unspecified atom stereocenters. The van der Waals surface area contributed by atoms with Gasteiger partial charge >= 0.3 is 0 Å². The lowest BCUT2D eigenvalue weighted by Gasteiger charge is -2.24. The van der Waals surface area contributed by atoms with Crippen molar-refractivity contribution in [1.82, 2.24) is 0 Å². The zero-order chi connectivity index (χ0) is 22.6. The summed E-state index contributed by atoms with van der Waals surface area (Å²) in [6.45, 7) is 10.8. The fraction of sp³-hybridized carbons (Fsp3) is 0.542. The van der Waals surface area contributed by atoms with Gasteiger partial charge in [-0.05, 0) is 54.9 Å². The van der Waals surface area contributed by atoms with Crippen LogP contribution in [-0.2, 0) is 14.6 Å². The van der Waals surface area contributed by atoms with Crippen LogP contribution in [0.15, 0.2) is 48.6 Å². The van der Waals surface area contributed by atoms with Gasteiger partial charge in [0.1, 0.15) is 5.75 Å². The van der Waals surface area contributed by atoms with Crippen LogP contribution in [0.4, 0.5) is 0 Å². The van der Waals surface area contributed by atoms with Crippen LogP contribution in [0, 0.1) is 17.2 Å². The monoisotopic (exact) mass is 435 g/mol. The van der Waals surface area contributed by atoms with Gasteiger partial charge in [-0.2, -0.15) is 0 Å². The molecule has 0 saturated heterocycles. The van der Waals surface area contributed by atoms with Crippen LogP contribution in [0.2, 0.25) is 0 Å². The average molecular weight is 436 g/mol. The molecule has 0 aliphatic heterocycles. The number of ether oxygens (including phenoxy) is 2. The average Bonchev–Trinajstić information content (AvgIpc) is 2.66. The number of sulfone groups is 1. The summed E-state index contributed by atoms with van der Waals surface area (Å²) in [4.78, 5) is 0. The Morgan fingerprint density at radius 3 is 2.23 bits per heavy atom. The van der Waals surface area contributed by atoms with Crippen molar-refractivity contribution in [3.05, 3.63) is 54.1 Å². The second-order valence-corrected chi connectivity index (χ2v) is 10.4. The minimum Gasteiger partial charge on any atom is -0.465 e. The number of allylic oxidation sites excluding steroid dienone is 3. The largest absolute Gasteiger partial charge is 0.465 e. The molecule has 0 radical (unpaired) electrons. The van der Waals surface area contributed by atoms with E-state index in [1.807, 2.05) is 12.1 Å². The van der Waals surface area contributed by atoms with Crippen LogP contribution in [-0.4, -0.2) is 39.0 Å². The third-order valence-electron chi connectivity index (χ3n) is 4.69. The van der Waals surface area contributed by atoms with Crippen LogP contribution in [0.1, 0.15) is 52.5 Å². The summed E-state index contributed by atoms with van der Waals surface area (Å²) in [6.07, 6.45) is 8.06. The highest BCUT2D eigenvalue weighted by atomic mass is 32.2. The van der Waals surface area contributed by atoms with Crippen molar-refractivity contribution in [1.29, 1.82) is 5.41 Å². The highest BCUT2D eigenvalue weighted by Gasteiger charge is 2.17. The first kappa shape index (κ1) is 26.1. The lowest BCUT2D eigenvalue weighted by molar-refractivity contribution is -0.0605. The Labute approximate surface area is 182 Å². The Kier molecular flexibility index (Phi) is 11.7. The minimum absolute atomic E-state index is 0.0528. The predicted molar refractivity (Wildman–Crippen MR) is 125 cm³/mol. The van der Waals surface area contributed by atoms with Gasteiger partial charge in [-0.1, -0.05) is 58.1 Å². The maximum atomic E-state index is 12.0. The van der Waals surface area contributed by atoms with Crippen molar-refractivity contribution < 1.29 is 17.9 Å². The highest BCUT2D eigenvalue weighted by molar-refractivity contribution is 7.91. The molecule has 0 spiro atoms. The van der Waals surface area contributed by atoms with Gasteiger partial charge in [0.05, 0.1) is 18.1 Å². The minimum atomic E-state index is -3.23. The Morgan fingerprint density at radius 2 is 1.67 bits per heavy atom. The second-order valence-electron chi connectivity index (χ2n) is 8.20. The molecule has 1 aromatic carbocycles. The maximum absolute atomic E-state index is 12.0. The lowest BCUT2D eigenvalue weighted by atomic mass is 9.82. The zero-order valence-electron chi connectivity index (χ0n) is 18.9. The summed E-state index contributed by atoms with van der Waals surface area (Å²) in [5, 5.41) is 6.85. The fourth-order valence-corrected chi connectivity index (χ4v) is 4.07. The summed E-state index contributed by atoms with van der Waals surface area (Å²) < 4.78 is 35.3. The molecule has 5 nitrogen and oxygen atoms in total. The third kappa shape index (κ3) is 10.7. The summed E-state index contributed by atoms with van der Waals surface area (Å²) in [6, 6.07) is 8.13. The van der Waals surface area contributed by atoms with Crippen LogP contribution >= 0.6 is 0 Å². The summed E-state index contributed by atoms with van der Waals surface area (Å²) in [7, 11) is -3.23. The van der Waals surface area contributed by atoms with Gasteiger partial charge in [0.25, 0.3) is 0 Å². The molecule has 30 heavy (non-hydrogen) atoms. The molecule has 0 fully saturated rings. The summed E-state index contributed by atoms with van der Waals surface area (Å²) in [5.74, 6) is 2.33. The quantitative estimate of drug-likeness (QED) is 0.241. The molecule has 1 rings (SSSR count). The van der Waals surface area contributed by atoms with Gasteiger partial charge in [0.2, 0.25) is 0 Å². The molecule has 6 heteroatoms. The smallest absolute Gasteiger partial charge is 0.197 e. The molecule has 0 saturated carbocycles. The molecule has 0 aliphatic rings. The van der Waals surface area contributed by atoms with Crippen molar-refractivity contribution in [3.8, 4) is 5.75 Å². The number of nitrogens with one attached hydrogen (secondary N) is 1. The van der Waals surface area contributed by atoms with E-state index in [0.717, 1.165) is 12.6 Å². The van der Waals surface area contributed by atoms with E-state index in [9.17, 15) is 8.42 Å². The molecule has 1 N–H and O–H groups in total. The van der Waals surface area contributed by atoms with E-state index < -0.39 is 16.1 Å². The van der Waals surface area contributed by atoms with E-state index in [0.29, 0.717) is 23.5 Å². The van der Waals surface area contributed by atoms with Crippen molar-refractivity contribution in [2.45, 2.75) is 53.2 Å². The highest BCUT2D eigenvalue weighted by Crippen LogP contribution is 2.32. The normalized spacial score (nSPS) is 14.6. The van der Waals surface area contributed by atoms with Gasteiger partial charge in [-0.3, -0.25) is 0 Å². The Morgan fingerprint density at radius 1 is 1.00 bits per heavy atom. The van der Waals surface area contributed by atoms with Gasteiger partial charge in [0, 0.05) is 6.21 Å². The van der Waals surface area contributed by atoms with Crippen LogP contribution < -0.4 is 4.74 Å². The van der Waals surface area contributed by atoms with Crippen LogP contribution in [0.25, 0.3) is 0 Å². The molecule has 2 atom stereocenters. The van der Waals surface area contributed by atoms with Crippen molar-refractivity contribution in [2.75, 3.05) is 18.1 Å². The lowest BCUT2D eigenvalue weighted by Crippen LogP contribution is -2.22. The summed E-state index contributed by atoms with van der Waals surface area (Å²) in [5.41, 5.74) is 1.31. The third-order valence-corrected chi connectivity index (χ3v) is 6.18. The summed E-state index contributed by atoms with van der Waals surface area (Å²) >= 11 is 0. The van der Waals surface area contributed by atoms with Gasteiger partial charge in [0.15, 0.2) is 16.1 Å². The van der Waals surface area contributed by atoms with Gasteiger partial charge < -0.3 is 14.9 Å². The molecular formula is C24H37NO4S. The van der Waals surface area contributed by atoms with Gasteiger partial charge in [-0.15, -0.1) is 0 Å². The molecule has 0 bridgehead atoms. The van der Waals surface area contributed by atoms with E-state index in [1.54, 1.807) is 25.2 Å². The standard InChI is InChI=1S/C24H37NO4S/c1-19(2)18-24(20(3)4)22-10-12-23(13-11-22)29-21(5)28-15-17-30(26,27)16-9-7-6-8-14-25/h6-14,19-21,24-25H,15-18H2,1-5H3/b8-6-,9-7-,25-14?. The predicted octanol–water partition coefficient (Wildman–Crippen LogP) is 5.39. The van der Waals surface area contributed by atoms with Gasteiger partial charge in [-0.25, -0.2) is 8.42 Å². The molecule has 0 heterocycles. The topological polar surface area (TPSA) is 76.5 Å². The molecule has 1 aromatic rings. The first-order valence-electron chi connectivity index (χ1n) is 10.6. The van der Waals surface area contributed by atoms with Crippen molar-refractivity contribution in [3.63, 3.8) is 0 Å². The van der Waals surface area contributed by atoms with Crippen molar-refractivity contribution >= 4 is 16.1 Å². The van der Waals surface area contributed by atoms with Crippen LogP contribution in [0.3, 0.4) is 0 Å². The first-order chi connectivity index (χ1) is 14.1. The number of hydrogen-bond acceptors (Lipinski definition) is 5. The SMILES string of the molecule is CC(C)CC(c1ccc(OC(C)OCCS(=O)(=O)C/C=C\C=C/C=N)cc1)C(C)C.